The number of halogens is 1. The molecule has 1 heterocycles. The van der Waals surface area contributed by atoms with Gasteiger partial charge in [0.05, 0.1) is 25.7 Å². The van der Waals surface area contributed by atoms with Gasteiger partial charge in [-0.25, -0.2) is 0 Å². The fraction of sp³-hybridized carbons (Fsp3) is 0.304. The average Bonchev–Trinajstić information content (AvgIpc) is 2.97. The molecule has 0 aliphatic rings. The molecule has 5 nitrogen and oxygen atoms in total. The number of hydrogen-bond donors (Lipinski definition) is 0. The number of carbonyl (C=O) groups is 2. The summed E-state index contributed by atoms with van der Waals surface area (Å²) in [5.41, 5.74) is 2.69. The van der Waals surface area contributed by atoms with Crippen molar-refractivity contribution >= 4 is 34.4 Å². The lowest BCUT2D eigenvalue weighted by Gasteiger charge is -2.09. The van der Waals surface area contributed by atoms with Crippen molar-refractivity contribution in [1.82, 2.24) is 4.57 Å². The Labute approximate surface area is 175 Å². The van der Waals surface area contributed by atoms with Crippen molar-refractivity contribution in [2.45, 2.75) is 27.2 Å². The van der Waals surface area contributed by atoms with Crippen molar-refractivity contribution in [2.75, 3.05) is 13.7 Å². The lowest BCUT2D eigenvalue weighted by atomic mass is 10.1. The van der Waals surface area contributed by atoms with E-state index >= 15 is 0 Å². The highest BCUT2D eigenvalue weighted by atomic mass is 35.5. The summed E-state index contributed by atoms with van der Waals surface area (Å²) in [5, 5.41) is 1.36. The third-order valence-corrected chi connectivity index (χ3v) is 4.99. The summed E-state index contributed by atoms with van der Waals surface area (Å²) in [4.78, 5) is 25.6. The van der Waals surface area contributed by atoms with Crippen LogP contribution in [0.5, 0.6) is 5.75 Å². The molecule has 0 aliphatic carbocycles. The number of aromatic nitrogens is 1. The van der Waals surface area contributed by atoms with Crippen molar-refractivity contribution in [3.8, 4) is 5.75 Å². The van der Waals surface area contributed by atoms with E-state index in [1.54, 1.807) is 42.0 Å². The number of hydrogen-bond acceptors (Lipinski definition) is 4. The van der Waals surface area contributed by atoms with E-state index in [1.165, 1.54) is 0 Å². The van der Waals surface area contributed by atoms with Crippen LogP contribution < -0.4 is 4.74 Å². The van der Waals surface area contributed by atoms with Gasteiger partial charge >= 0.3 is 5.97 Å². The molecule has 2 aromatic carbocycles. The number of rotatable bonds is 6. The highest BCUT2D eigenvalue weighted by Gasteiger charge is 2.22. The van der Waals surface area contributed by atoms with Crippen LogP contribution in [0.4, 0.5) is 0 Å². The molecule has 0 saturated heterocycles. The van der Waals surface area contributed by atoms with Gasteiger partial charge in [-0.15, -0.1) is 0 Å². The fourth-order valence-corrected chi connectivity index (χ4v) is 3.38. The van der Waals surface area contributed by atoms with Crippen molar-refractivity contribution in [3.05, 3.63) is 64.3 Å². The number of methoxy groups -OCH3 is 1. The molecule has 3 aromatic rings. The van der Waals surface area contributed by atoms with Gasteiger partial charge in [-0.1, -0.05) is 25.4 Å². The second kappa shape index (κ2) is 8.70. The molecule has 0 aliphatic heterocycles. The summed E-state index contributed by atoms with van der Waals surface area (Å²) < 4.78 is 12.3. The van der Waals surface area contributed by atoms with E-state index in [0.717, 1.165) is 16.5 Å². The van der Waals surface area contributed by atoms with E-state index in [2.05, 4.69) is 0 Å². The van der Waals surface area contributed by atoms with E-state index in [-0.39, 0.29) is 24.2 Å². The van der Waals surface area contributed by atoms with E-state index < -0.39 is 0 Å². The van der Waals surface area contributed by atoms with Gasteiger partial charge in [0.15, 0.2) is 0 Å². The predicted octanol–water partition coefficient (Wildman–Crippen LogP) is 5.04. The number of nitrogens with zero attached hydrogens (tertiary/aromatic N) is 1. The Morgan fingerprint density at radius 2 is 1.79 bits per heavy atom. The second-order valence-corrected chi connectivity index (χ2v) is 7.78. The lowest BCUT2D eigenvalue weighted by molar-refractivity contribution is -0.143. The van der Waals surface area contributed by atoms with Gasteiger partial charge in [0, 0.05) is 21.7 Å². The van der Waals surface area contributed by atoms with Crippen LogP contribution in [0.25, 0.3) is 10.9 Å². The molecule has 152 valence electrons. The number of ether oxygens (including phenoxy) is 2. The molecule has 0 amide bonds. The zero-order valence-electron chi connectivity index (χ0n) is 17.0. The van der Waals surface area contributed by atoms with Crippen molar-refractivity contribution in [2.24, 2.45) is 5.92 Å². The van der Waals surface area contributed by atoms with Gasteiger partial charge in [-0.2, -0.15) is 0 Å². The first-order chi connectivity index (χ1) is 13.8. The number of benzene rings is 2. The molecule has 0 atom stereocenters. The van der Waals surface area contributed by atoms with Crippen molar-refractivity contribution in [1.29, 1.82) is 0 Å². The highest BCUT2D eigenvalue weighted by molar-refractivity contribution is 6.30. The molecule has 29 heavy (non-hydrogen) atoms. The summed E-state index contributed by atoms with van der Waals surface area (Å²) in [6, 6.07) is 12.2. The van der Waals surface area contributed by atoms with E-state index in [0.29, 0.717) is 28.6 Å². The van der Waals surface area contributed by atoms with Gasteiger partial charge < -0.3 is 9.47 Å². The van der Waals surface area contributed by atoms with Crippen molar-refractivity contribution < 1.29 is 19.1 Å². The zero-order chi connectivity index (χ0) is 21.1. The van der Waals surface area contributed by atoms with Crippen LogP contribution in [0, 0.1) is 12.8 Å². The second-order valence-electron chi connectivity index (χ2n) is 7.35. The minimum absolute atomic E-state index is 0.0864. The third kappa shape index (κ3) is 4.46. The maximum atomic E-state index is 13.2. The number of fused-ring (bicyclic) bond motifs is 1. The predicted molar refractivity (Wildman–Crippen MR) is 114 cm³/mol. The Balaban J connectivity index is 2.08. The Morgan fingerprint density at radius 1 is 1.10 bits per heavy atom. The Bertz CT molecular complexity index is 1050. The summed E-state index contributed by atoms with van der Waals surface area (Å²) >= 11 is 5.95. The summed E-state index contributed by atoms with van der Waals surface area (Å²) in [5.74, 6) is 0.414. The quantitative estimate of drug-likeness (QED) is 0.531. The molecule has 0 unspecified atom stereocenters. The Kier molecular flexibility index (Phi) is 6.28. The van der Waals surface area contributed by atoms with Crippen LogP contribution >= 0.6 is 11.6 Å². The van der Waals surface area contributed by atoms with Gasteiger partial charge in [0.1, 0.15) is 5.75 Å². The molecule has 0 saturated carbocycles. The smallest absolute Gasteiger partial charge is 0.310 e. The number of carbonyl (C=O) groups excluding carboxylic acids is 2. The van der Waals surface area contributed by atoms with Crippen LogP contribution in [0.3, 0.4) is 0 Å². The number of esters is 1. The van der Waals surface area contributed by atoms with Gasteiger partial charge in [-0.3, -0.25) is 14.2 Å². The minimum atomic E-state index is -0.317. The van der Waals surface area contributed by atoms with E-state index in [4.69, 9.17) is 21.1 Å². The Hall–Kier alpha value is -2.79. The molecule has 1 aromatic heterocycles. The maximum Gasteiger partial charge on any atom is 0.310 e. The van der Waals surface area contributed by atoms with E-state index in [1.807, 2.05) is 32.9 Å². The van der Waals surface area contributed by atoms with Gasteiger partial charge in [0.25, 0.3) is 5.91 Å². The SMILES string of the molecule is COc1ccc2c(c1)c(CC(=O)OCC(C)C)c(C)n2C(=O)c1ccc(Cl)cc1. The summed E-state index contributed by atoms with van der Waals surface area (Å²) in [6.45, 7) is 6.18. The molecule has 0 radical (unpaired) electrons. The fourth-order valence-electron chi connectivity index (χ4n) is 3.25. The maximum absolute atomic E-state index is 13.2. The summed E-state index contributed by atoms with van der Waals surface area (Å²) in [6.07, 6.45) is 0.0864. The molecule has 6 heteroatoms. The highest BCUT2D eigenvalue weighted by Crippen LogP contribution is 2.31. The first-order valence-electron chi connectivity index (χ1n) is 9.45. The lowest BCUT2D eigenvalue weighted by Crippen LogP contribution is -2.15. The summed E-state index contributed by atoms with van der Waals surface area (Å²) in [7, 11) is 1.58. The molecule has 0 spiro atoms. The molecule has 0 fully saturated rings. The topological polar surface area (TPSA) is 57.5 Å². The molecule has 0 bridgehead atoms. The monoisotopic (exact) mass is 413 g/mol. The molecule has 3 rings (SSSR count). The average molecular weight is 414 g/mol. The zero-order valence-corrected chi connectivity index (χ0v) is 17.7. The van der Waals surface area contributed by atoms with Crippen molar-refractivity contribution in [3.63, 3.8) is 0 Å². The molecular formula is C23H24ClNO4. The van der Waals surface area contributed by atoms with Crippen LogP contribution in [0.2, 0.25) is 5.02 Å². The van der Waals surface area contributed by atoms with Gasteiger partial charge in [-0.05, 0) is 60.9 Å². The van der Waals surface area contributed by atoms with Crippen LogP contribution in [-0.4, -0.2) is 30.2 Å². The Morgan fingerprint density at radius 3 is 2.41 bits per heavy atom. The van der Waals surface area contributed by atoms with Crippen LogP contribution in [0.1, 0.15) is 35.5 Å². The first-order valence-corrected chi connectivity index (χ1v) is 9.83. The van der Waals surface area contributed by atoms with E-state index in [9.17, 15) is 9.59 Å². The van der Waals surface area contributed by atoms with Gasteiger partial charge in [0.2, 0.25) is 0 Å². The van der Waals surface area contributed by atoms with Crippen LogP contribution in [0.15, 0.2) is 42.5 Å². The largest absolute Gasteiger partial charge is 0.497 e. The molecular weight excluding hydrogens is 390 g/mol. The van der Waals surface area contributed by atoms with Crippen LogP contribution in [-0.2, 0) is 16.0 Å². The molecule has 0 N–H and O–H groups in total. The normalized spacial score (nSPS) is 11.1. The third-order valence-electron chi connectivity index (χ3n) is 4.73. The standard InChI is InChI=1S/C23H24ClNO4/c1-14(2)13-29-22(26)12-19-15(3)25(21-10-9-18(28-4)11-20(19)21)23(27)16-5-7-17(24)8-6-16/h5-11,14H,12-13H2,1-4H3. The minimum Gasteiger partial charge on any atom is -0.497 e. The first kappa shape index (κ1) is 20.9.